The number of ketones is 1. The van der Waals surface area contributed by atoms with E-state index >= 15 is 0 Å². The highest BCUT2D eigenvalue weighted by Crippen LogP contribution is 2.35. The fourth-order valence-corrected chi connectivity index (χ4v) is 3.81. The van der Waals surface area contributed by atoms with Gasteiger partial charge in [0, 0.05) is 12.0 Å². The van der Waals surface area contributed by atoms with Crippen LogP contribution < -0.4 is 9.47 Å². The Morgan fingerprint density at radius 2 is 1.96 bits per heavy atom. The van der Waals surface area contributed by atoms with E-state index in [1.54, 1.807) is 7.11 Å². The number of carbonyl (C=O) groups excluding carboxylic acids is 2. The van der Waals surface area contributed by atoms with E-state index in [1.165, 1.54) is 26.9 Å². The number of hydrogen-bond donors (Lipinski definition) is 0. The highest BCUT2D eigenvalue weighted by Gasteiger charge is 2.46. The minimum Gasteiger partial charge on any atom is -0.493 e. The molecule has 1 aromatic rings. The molecule has 1 fully saturated rings. The molecule has 0 aromatic heterocycles. The molecule has 3 rings (SSSR count). The Morgan fingerprint density at radius 3 is 2.54 bits per heavy atom. The second-order valence-corrected chi connectivity index (χ2v) is 7.38. The molecule has 0 bridgehead atoms. The van der Waals surface area contributed by atoms with E-state index in [-0.39, 0.29) is 18.3 Å². The summed E-state index contributed by atoms with van der Waals surface area (Å²) in [7, 11) is 2.90. The van der Waals surface area contributed by atoms with Crippen molar-refractivity contribution in [3.63, 3.8) is 0 Å². The van der Waals surface area contributed by atoms with Crippen molar-refractivity contribution in [2.75, 3.05) is 14.2 Å². The molecule has 1 aliphatic carbocycles. The first-order valence-electron chi connectivity index (χ1n) is 9.65. The Bertz CT molecular complexity index is 768. The number of Topliss-reactive ketones (excluding diaryl/α,β-unsaturated/α-hetero) is 1. The monoisotopic (exact) mass is 389 g/mol. The summed E-state index contributed by atoms with van der Waals surface area (Å²) in [6.45, 7) is 1.42. The number of hydrogen-bond acceptors (Lipinski definition) is 7. The van der Waals surface area contributed by atoms with Crippen LogP contribution in [0.2, 0.25) is 0 Å². The molecule has 1 heterocycles. The van der Waals surface area contributed by atoms with Gasteiger partial charge in [-0.05, 0) is 57.2 Å². The van der Waals surface area contributed by atoms with Gasteiger partial charge >= 0.3 is 5.97 Å². The molecule has 0 saturated heterocycles. The SMILES string of the molecule is COC(=O)C1(CC(C)=O)CCC(c2ccc(OC)c(OC3CCCC3)c2)=NO1. The number of benzene rings is 1. The fraction of sp³-hybridized carbons (Fsp3) is 0.571. The average molecular weight is 389 g/mol. The molecule has 0 amide bonds. The molecule has 1 aromatic carbocycles. The van der Waals surface area contributed by atoms with Crippen LogP contribution in [-0.4, -0.2) is 43.4 Å². The molecule has 2 aliphatic rings. The van der Waals surface area contributed by atoms with Crippen LogP contribution in [0.15, 0.2) is 23.4 Å². The van der Waals surface area contributed by atoms with E-state index in [0.29, 0.717) is 30.1 Å². The Kier molecular flexibility index (Phi) is 6.21. The lowest BCUT2D eigenvalue weighted by atomic mass is 9.88. The van der Waals surface area contributed by atoms with Crippen LogP contribution in [0, 0.1) is 0 Å². The first-order chi connectivity index (χ1) is 13.5. The molecule has 0 N–H and O–H groups in total. The minimum atomic E-state index is -1.35. The van der Waals surface area contributed by atoms with Crippen LogP contribution in [-0.2, 0) is 19.2 Å². The van der Waals surface area contributed by atoms with Crippen LogP contribution in [0.3, 0.4) is 0 Å². The number of carbonyl (C=O) groups is 2. The van der Waals surface area contributed by atoms with Crippen LogP contribution in [0.5, 0.6) is 11.5 Å². The fourth-order valence-electron chi connectivity index (χ4n) is 3.81. The first-order valence-corrected chi connectivity index (χ1v) is 9.65. The quantitative estimate of drug-likeness (QED) is 0.665. The predicted octanol–water partition coefficient (Wildman–Crippen LogP) is 3.42. The zero-order valence-corrected chi connectivity index (χ0v) is 16.7. The van der Waals surface area contributed by atoms with Gasteiger partial charge in [0.05, 0.1) is 32.5 Å². The molecule has 1 aliphatic heterocycles. The van der Waals surface area contributed by atoms with Gasteiger partial charge in [-0.2, -0.15) is 0 Å². The second-order valence-electron chi connectivity index (χ2n) is 7.38. The largest absolute Gasteiger partial charge is 0.493 e. The molecule has 7 heteroatoms. The molecule has 1 saturated carbocycles. The number of ether oxygens (including phenoxy) is 3. The molecular weight excluding hydrogens is 362 g/mol. The zero-order chi connectivity index (χ0) is 20.1. The lowest BCUT2D eigenvalue weighted by molar-refractivity contribution is -0.175. The topological polar surface area (TPSA) is 83.4 Å². The van der Waals surface area contributed by atoms with Crippen LogP contribution in [0.1, 0.15) is 57.4 Å². The maximum Gasteiger partial charge on any atom is 0.353 e. The van der Waals surface area contributed by atoms with E-state index in [9.17, 15) is 9.59 Å². The molecule has 1 atom stereocenters. The number of rotatable bonds is 7. The standard InChI is InChI=1S/C21H27NO6/c1-14(23)13-21(20(24)26-3)11-10-17(22-28-21)15-8-9-18(25-2)19(12-15)27-16-6-4-5-7-16/h8-9,12,16H,4-7,10-11,13H2,1-3H3. The first kappa shape index (κ1) is 20.2. The lowest BCUT2D eigenvalue weighted by Crippen LogP contribution is -2.45. The van der Waals surface area contributed by atoms with Crippen molar-refractivity contribution >= 4 is 17.5 Å². The van der Waals surface area contributed by atoms with E-state index < -0.39 is 11.6 Å². The third kappa shape index (κ3) is 4.29. The highest BCUT2D eigenvalue weighted by molar-refractivity contribution is 6.02. The Hall–Kier alpha value is -2.57. The summed E-state index contributed by atoms with van der Waals surface area (Å²) >= 11 is 0. The van der Waals surface area contributed by atoms with Gasteiger partial charge in [-0.25, -0.2) is 4.79 Å². The third-order valence-corrected chi connectivity index (χ3v) is 5.28. The van der Waals surface area contributed by atoms with Crippen molar-refractivity contribution in [1.29, 1.82) is 0 Å². The average Bonchev–Trinajstić information content (AvgIpc) is 3.20. The van der Waals surface area contributed by atoms with Gasteiger partial charge in [-0.1, -0.05) is 5.16 Å². The summed E-state index contributed by atoms with van der Waals surface area (Å²) in [4.78, 5) is 29.3. The van der Waals surface area contributed by atoms with Crippen molar-refractivity contribution < 1.29 is 28.6 Å². The van der Waals surface area contributed by atoms with Crippen LogP contribution >= 0.6 is 0 Å². The molecule has 152 valence electrons. The number of esters is 1. The minimum absolute atomic E-state index is 0.0604. The van der Waals surface area contributed by atoms with Crippen molar-refractivity contribution in [1.82, 2.24) is 0 Å². The van der Waals surface area contributed by atoms with Gasteiger partial charge in [0.2, 0.25) is 5.60 Å². The normalized spacial score (nSPS) is 22.2. The zero-order valence-electron chi connectivity index (χ0n) is 16.7. The van der Waals surface area contributed by atoms with Gasteiger partial charge in [0.1, 0.15) is 5.78 Å². The Balaban J connectivity index is 1.82. The number of nitrogens with zero attached hydrogens (tertiary/aromatic N) is 1. The van der Waals surface area contributed by atoms with E-state index in [1.807, 2.05) is 18.2 Å². The van der Waals surface area contributed by atoms with Crippen molar-refractivity contribution in [3.8, 4) is 11.5 Å². The third-order valence-electron chi connectivity index (χ3n) is 5.28. The maximum atomic E-state index is 12.2. The Labute approximate surface area is 165 Å². The smallest absolute Gasteiger partial charge is 0.353 e. The number of methoxy groups -OCH3 is 2. The lowest BCUT2D eigenvalue weighted by Gasteiger charge is -2.31. The van der Waals surface area contributed by atoms with Gasteiger partial charge in [0.15, 0.2) is 11.5 Å². The number of oxime groups is 1. The summed E-state index contributed by atoms with van der Waals surface area (Å²) < 4.78 is 16.4. The molecular formula is C21H27NO6. The van der Waals surface area contributed by atoms with E-state index in [0.717, 1.165) is 18.4 Å². The van der Waals surface area contributed by atoms with Gasteiger partial charge in [-0.3, -0.25) is 4.79 Å². The summed E-state index contributed by atoms with van der Waals surface area (Å²) in [6.07, 6.45) is 5.40. The van der Waals surface area contributed by atoms with Crippen LogP contribution in [0.4, 0.5) is 0 Å². The van der Waals surface area contributed by atoms with Gasteiger partial charge < -0.3 is 19.0 Å². The molecule has 7 nitrogen and oxygen atoms in total. The summed E-state index contributed by atoms with van der Waals surface area (Å²) in [6, 6.07) is 5.63. The van der Waals surface area contributed by atoms with E-state index in [2.05, 4.69) is 5.16 Å². The van der Waals surface area contributed by atoms with Crippen molar-refractivity contribution in [2.24, 2.45) is 5.16 Å². The molecule has 0 spiro atoms. The van der Waals surface area contributed by atoms with Gasteiger partial charge in [-0.15, -0.1) is 0 Å². The molecule has 0 radical (unpaired) electrons. The summed E-state index contributed by atoms with van der Waals surface area (Å²) in [5, 5.41) is 4.17. The van der Waals surface area contributed by atoms with Crippen LogP contribution in [0.25, 0.3) is 0 Å². The Morgan fingerprint density at radius 1 is 1.21 bits per heavy atom. The van der Waals surface area contributed by atoms with Gasteiger partial charge in [0.25, 0.3) is 0 Å². The maximum absolute atomic E-state index is 12.2. The summed E-state index contributed by atoms with van der Waals surface area (Å²) in [5.74, 6) is 0.628. The van der Waals surface area contributed by atoms with Crippen molar-refractivity contribution in [3.05, 3.63) is 23.8 Å². The predicted molar refractivity (Wildman–Crippen MR) is 103 cm³/mol. The second kappa shape index (κ2) is 8.63. The molecule has 1 unspecified atom stereocenters. The summed E-state index contributed by atoms with van der Waals surface area (Å²) in [5.41, 5.74) is 0.191. The van der Waals surface area contributed by atoms with E-state index in [4.69, 9.17) is 19.0 Å². The highest BCUT2D eigenvalue weighted by atomic mass is 16.7. The van der Waals surface area contributed by atoms with Crippen molar-refractivity contribution in [2.45, 2.75) is 63.6 Å². The molecule has 28 heavy (non-hydrogen) atoms.